The first kappa shape index (κ1) is 8.96. The molecule has 16 heavy (non-hydrogen) atoms. The molecule has 0 bridgehead atoms. The van der Waals surface area contributed by atoms with E-state index in [2.05, 4.69) is 6.07 Å². The lowest BCUT2D eigenvalue weighted by Gasteiger charge is -2.14. The number of fused-ring (bicyclic) bond motifs is 3. The first-order valence-electron chi connectivity index (χ1n) is 5.01. The highest BCUT2D eigenvalue weighted by molar-refractivity contribution is 5.94. The number of ether oxygens (including phenoxy) is 1. The van der Waals surface area contributed by atoms with Crippen molar-refractivity contribution in [2.24, 2.45) is 0 Å². The number of allylic oxidation sites excluding steroid dienone is 1. The summed E-state index contributed by atoms with van der Waals surface area (Å²) in [6, 6.07) is 11.9. The van der Waals surface area contributed by atoms with Crippen molar-refractivity contribution in [2.75, 3.05) is 0 Å². The average molecular weight is 208 g/mol. The molecule has 2 aromatic carbocycles. The summed E-state index contributed by atoms with van der Waals surface area (Å²) in [5, 5.41) is 2.29. The minimum absolute atomic E-state index is 0.225. The molecule has 2 nitrogen and oxygen atoms in total. The van der Waals surface area contributed by atoms with Gasteiger partial charge in [-0.2, -0.15) is 0 Å². The SMILES string of the molecule is O=C=C1C=Cc2c(ccc3ccccc23)O1. The van der Waals surface area contributed by atoms with Gasteiger partial charge in [0, 0.05) is 5.56 Å². The minimum Gasteiger partial charge on any atom is -0.445 e. The molecular weight excluding hydrogens is 200 g/mol. The lowest BCUT2D eigenvalue weighted by molar-refractivity contribution is 0.439. The molecule has 0 radical (unpaired) electrons. The Morgan fingerprint density at radius 2 is 1.88 bits per heavy atom. The van der Waals surface area contributed by atoms with E-state index in [0.717, 1.165) is 16.3 Å². The van der Waals surface area contributed by atoms with Crippen molar-refractivity contribution in [3.8, 4) is 5.75 Å². The molecule has 0 N–H and O–H groups in total. The molecule has 0 aromatic heterocycles. The molecular formula is C14H8O2. The minimum atomic E-state index is 0.225. The molecule has 0 saturated heterocycles. The fourth-order valence-electron chi connectivity index (χ4n) is 1.90. The van der Waals surface area contributed by atoms with Crippen LogP contribution in [0.4, 0.5) is 0 Å². The van der Waals surface area contributed by atoms with Crippen molar-refractivity contribution in [3.63, 3.8) is 0 Å². The van der Waals surface area contributed by atoms with E-state index in [1.807, 2.05) is 36.4 Å². The van der Waals surface area contributed by atoms with Gasteiger partial charge >= 0.3 is 0 Å². The van der Waals surface area contributed by atoms with Gasteiger partial charge in [0.15, 0.2) is 5.94 Å². The van der Waals surface area contributed by atoms with E-state index in [4.69, 9.17) is 4.74 Å². The van der Waals surface area contributed by atoms with Crippen LogP contribution in [0.1, 0.15) is 5.56 Å². The van der Waals surface area contributed by atoms with Crippen LogP contribution in [0, 0.1) is 0 Å². The van der Waals surface area contributed by atoms with E-state index in [1.165, 1.54) is 0 Å². The second-order valence-electron chi connectivity index (χ2n) is 3.60. The van der Waals surface area contributed by atoms with E-state index in [9.17, 15) is 4.79 Å². The van der Waals surface area contributed by atoms with Crippen molar-refractivity contribution in [2.45, 2.75) is 0 Å². The molecule has 0 spiro atoms. The van der Waals surface area contributed by atoms with Crippen molar-refractivity contribution in [3.05, 3.63) is 53.8 Å². The van der Waals surface area contributed by atoms with Crippen LogP contribution < -0.4 is 4.74 Å². The second-order valence-corrected chi connectivity index (χ2v) is 3.60. The summed E-state index contributed by atoms with van der Waals surface area (Å²) in [4.78, 5) is 10.5. The van der Waals surface area contributed by atoms with Crippen LogP contribution in [0.15, 0.2) is 48.2 Å². The number of hydrogen-bond acceptors (Lipinski definition) is 2. The summed E-state index contributed by atoms with van der Waals surface area (Å²) in [7, 11) is 0. The monoisotopic (exact) mass is 208 g/mol. The molecule has 0 saturated carbocycles. The van der Waals surface area contributed by atoms with Gasteiger partial charge in [-0.25, -0.2) is 4.79 Å². The van der Waals surface area contributed by atoms with Crippen LogP contribution in [0.25, 0.3) is 16.8 Å². The summed E-state index contributed by atoms with van der Waals surface area (Å²) in [6.45, 7) is 0. The van der Waals surface area contributed by atoms with Crippen LogP contribution in [0.5, 0.6) is 5.75 Å². The van der Waals surface area contributed by atoms with E-state index in [0.29, 0.717) is 5.75 Å². The first-order chi connectivity index (χ1) is 7.88. The molecule has 76 valence electrons. The normalized spacial score (nSPS) is 13.1. The zero-order valence-electron chi connectivity index (χ0n) is 8.44. The van der Waals surface area contributed by atoms with Crippen LogP contribution in [0.2, 0.25) is 0 Å². The Kier molecular flexibility index (Phi) is 1.89. The van der Waals surface area contributed by atoms with Crippen LogP contribution in [0.3, 0.4) is 0 Å². The molecule has 1 aliphatic rings. The van der Waals surface area contributed by atoms with Gasteiger partial charge in [0.25, 0.3) is 0 Å². The van der Waals surface area contributed by atoms with Crippen LogP contribution in [-0.2, 0) is 4.79 Å². The molecule has 2 aromatic rings. The fraction of sp³-hybridized carbons (Fsp3) is 0. The summed E-state index contributed by atoms with van der Waals surface area (Å²) in [5.41, 5.74) is 1.01. The lowest BCUT2D eigenvalue weighted by atomic mass is 10.0. The maximum Gasteiger partial charge on any atom is 0.210 e. The van der Waals surface area contributed by atoms with Crippen LogP contribution >= 0.6 is 0 Å². The van der Waals surface area contributed by atoms with E-state index < -0.39 is 0 Å². The molecule has 0 aliphatic carbocycles. The Balaban J connectivity index is 2.33. The highest BCUT2D eigenvalue weighted by Gasteiger charge is 2.12. The molecule has 0 amide bonds. The largest absolute Gasteiger partial charge is 0.445 e. The Morgan fingerprint density at radius 3 is 2.75 bits per heavy atom. The maximum atomic E-state index is 10.5. The highest BCUT2D eigenvalue weighted by Crippen LogP contribution is 2.33. The summed E-state index contributed by atoms with van der Waals surface area (Å²) >= 11 is 0. The van der Waals surface area contributed by atoms with Gasteiger partial charge in [-0.3, -0.25) is 0 Å². The predicted octanol–water partition coefficient (Wildman–Crippen LogP) is 2.96. The zero-order valence-corrected chi connectivity index (χ0v) is 8.44. The topological polar surface area (TPSA) is 26.3 Å². The van der Waals surface area contributed by atoms with E-state index >= 15 is 0 Å². The average Bonchev–Trinajstić information content (AvgIpc) is 2.38. The van der Waals surface area contributed by atoms with Gasteiger partial charge < -0.3 is 4.74 Å². The summed E-state index contributed by atoms with van der Waals surface area (Å²) < 4.78 is 5.40. The third-order valence-electron chi connectivity index (χ3n) is 2.65. The maximum absolute atomic E-state index is 10.5. The molecule has 0 fully saturated rings. The molecule has 3 rings (SSSR count). The van der Waals surface area contributed by atoms with Crippen molar-refractivity contribution in [1.82, 2.24) is 0 Å². The molecule has 1 heterocycles. The van der Waals surface area contributed by atoms with E-state index in [-0.39, 0.29) is 5.76 Å². The standard InChI is InChI=1S/C14H8O2/c15-9-11-6-7-13-12-4-2-1-3-10(12)5-8-14(13)16-11/h1-8H. The van der Waals surface area contributed by atoms with Crippen molar-refractivity contribution >= 4 is 22.8 Å². The predicted molar refractivity (Wildman–Crippen MR) is 62.8 cm³/mol. The lowest BCUT2D eigenvalue weighted by Crippen LogP contribution is -1.99. The smallest absolute Gasteiger partial charge is 0.210 e. The molecule has 1 aliphatic heterocycles. The van der Waals surface area contributed by atoms with Crippen LogP contribution in [-0.4, -0.2) is 5.94 Å². The second kappa shape index (κ2) is 3.37. The summed E-state index contributed by atoms with van der Waals surface area (Å²) in [6.07, 6.45) is 3.53. The molecule has 0 unspecified atom stereocenters. The number of benzene rings is 2. The summed E-state index contributed by atoms with van der Waals surface area (Å²) in [5.74, 6) is 2.68. The number of rotatable bonds is 0. The number of carbonyl (C=O) groups excluding carboxylic acids is 1. The van der Waals surface area contributed by atoms with Gasteiger partial charge in [0.1, 0.15) is 5.75 Å². The zero-order chi connectivity index (χ0) is 11.0. The third kappa shape index (κ3) is 1.25. The Morgan fingerprint density at radius 1 is 1.00 bits per heavy atom. The Hall–Kier alpha value is -2.31. The van der Waals surface area contributed by atoms with Crippen molar-refractivity contribution < 1.29 is 9.53 Å². The Labute approximate surface area is 92.5 Å². The third-order valence-corrected chi connectivity index (χ3v) is 2.65. The first-order valence-corrected chi connectivity index (χ1v) is 5.01. The van der Waals surface area contributed by atoms with E-state index in [1.54, 1.807) is 12.0 Å². The highest BCUT2D eigenvalue weighted by atomic mass is 16.5. The van der Waals surface area contributed by atoms with Crippen molar-refractivity contribution in [1.29, 1.82) is 0 Å². The van der Waals surface area contributed by atoms with Gasteiger partial charge in [-0.05, 0) is 29.0 Å². The van der Waals surface area contributed by atoms with Gasteiger partial charge in [-0.15, -0.1) is 0 Å². The Bertz CT molecular complexity index is 647. The van der Waals surface area contributed by atoms with Gasteiger partial charge in [-0.1, -0.05) is 30.3 Å². The molecule has 2 heteroatoms. The quantitative estimate of drug-likeness (QED) is 0.622. The van der Waals surface area contributed by atoms with Gasteiger partial charge in [0.05, 0.1) is 0 Å². The van der Waals surface area contributed by atoms with Gasteiger partial charge in [0.2, 0.25) is 5.76 Å². The number of hydrogen-bond donors (Lipinski definition) is 0. The molecule has 0 atom stereocenters. The fourth-order valence-corrected chi connectivity index (χ4v) is 1.90.